The van der Waals surface area contributed by atoms with Crippen LogP contribution in [0, 0.1) is 11.3 Å². The molecular formula is C15H26N2O4. The Labute approximate surface area is 125 Å². The van der Waals surface area contributed by atoms with Gasteiger partial charge in [0.05, 0.1) is 11.5 Å². The molecule has 21 heavy (non-hydrogen) atoms. The zero-order valence-corrected chi connectivity index (χ0v) is 12.9. The van der Waals surface area contributed by atoms with E-state index in [1.54, 1.807) is 11.8 Å². The molecule has 6 heteroatoms. The highest BCUT2D eigenvalue weighted by Crippen LogP contribution is 2.29. The number of nitrogens with zero attached hydrogens (tertiary/aromatic N) is 1. The molecule has 2 aliphatic heterocycles. The van der Waals surface area contributed by atoms with Gasteiger partial charge in [0, 0.05) is 32.2 Å². The van der Waals surface area contributed by atoms with Gasteiger partial charge in [-0.2, -0.15) is 0 Å². The summed E-state index contributed by atoms with van der Waals surface area (Å²) in [6.07, 6.45) is 3.53. The summed E-state index contributed by atoms with van der Waals surface area (Å²) in [4.78, 5) is 25.2. The van der Waals surface area contributed by atoms with Crippen molar-refractivity contribution in [2.45, 2.75) is 45.6 Å². The largest absolute Gasteiger partial charge is 0.481 e. The quantitative estimate of drug-likeness (QED) is 0.828. The smallest absolute Gasteiger partial charge is 0.317 e. The van der Waals surface area contributed by atoms with Crippen molar-refractivity contribution >= 4 is 12.0 Å². The lowest BCUT2D eigenvalue weighted by Crippen LogP contribution is -2.52. The second kappa shape index (κ2) is 6.64. The van der Waals surface area contributed by atoms with Gasteiger partial charge in [-0.25, -0.2) is 4.79 Å². The average molecular weight is 298 g/mol. The molecule has 2 rings (SSSR count). The van der Waals surface area contributed by atoms with Gasteiger partial charge in [0.15, 0.2) is 0 Å². The number of urea groups is 1. The van der Waals surface area contributed by atoms with Crippen molar-refractivity contribution < 1.29 is 19.4 Å². The fourth-order valence-corrected chi connectivity index (χ4v) is 3.30. The third-order valence-corrected chi connectivity index (χ3v) is 4.76. The Hall–Kier alpha value is -1.30. The summed E-state index contributed by atoms with van der Waals surface area (Å²) in [6, 6.07) is -0.149. The summed E-state index contributed by atoms with van der Waals surface area (Å²) in [6.45, 7) is 6.09. The predicted molar refractivity (Wildman–Crippen MR) is 78.1 cm³/mol. The van der Waals surface area contributed by atoms with Crippen molar-refractivity contribution in [3.63, 3.8) is 0 Å². The maximum absolute atomic E-state index is 12.2. The van der Waals surface area contributed by atoms with Gasteiger partial charge in [0.1, 0.15) is 0 Å². The Balaban J connectivity index is 1.84. The number of hydrogen-bond acceptors (Lipinski definition) is 3. The Bertz CT molecular complexity index is 401. The van der Waals surface area contributed by atoms with Gasteiger partial charge in [-0.05, 0) is 32.6 Å². The SMILES string of the molecule is CCC1OCCC1CNC(=O)N1CCCC(C)(C(=O)O)C1. The first-order valence-electron chi connectivity index (χ1n) is 7.84. The van der Waals surface area contributed by atoms with E-state index < -0.39 is 11.4 Å². The van der Waals surface area contributed by atoms with Gasteiger partial charge < -0.3 is 20.1 Å². The number of ether oxygens (including phenoxy) is 1. The van der Waals surface area contributed by atoms with Crippen LogP contribution in [0.25, 0.3) is 0 Å². The number of carbonyl (C=O) groups is 2. The number of likely N-dealkylation sites (tertiary alicyclic amines) is 1. The summed E-state index contributed by atoms with van der Waals surface area (Å²) in [5.74, 6) is -0.454. The molecule has 0 saturated carbocycles. The molecule has 0 radical (unpaired) electrons. The molecule has 0 aromatic carbocycles. The molecule has 2 saturated heterocycles. The van der Waals surface area contributed by atoms with E-state index in [9.17, 15) is 14.7 Å². The standard InChI is InChI=1S/C15H26N2O4/c1-3-12-11(5-8-21-12)9-16-14(20)17-7-4-6-15(2,10-17)13(18)19/h11-12H,3-10H2,1-2H3,(H,16,20)(H,18,19). The van der Waals surface area contributed by atoms with E-state index in [2.05, 4.69) is 12.2 Å². The fourth-order valence-electron chi connectivity index (χ4n) is 3.30. The molecule has 0 bridgehead atoms. The predicted octanol–water partition coefficient (Wildman–Crippen LogP) is 1.70. The van der Waals surface area contributed by atoms with Gasteiger partial charge in [0.25, 0.3) is 0 Å². The number of rotatable bonds is 4. The molecule has 3 atom stereocenters. The number of amides is 2. The molecule has 3 unspecified atom stereocenters. The zero-order valence-electron chi connectivity index (χ0n) is 12.9. The van der Waals surface area contributed by atoms with Crippen molar-refractivity contribution in [2.75, 3.05) is 26.2 Å². The number of piperidine rings is 1. The van der Waals surface area contributed by atoms with Crippen molar-refractivity contribution in [1.82, 2.24) is 10.2 Å². The molecule has 0 aliphatic carbocycles. The van der Waals surface area contributed by atoms with Gasteiger partial charge in [-0.3, -0.25) is 4.79 Å². The van der Waals surface area contributed by atoms with Crippen LogP contribution in [0.15, 0.2) is 0 Å². The van der Waals surface area contributed by atoms with E-state index >= 15 is 0 Å². The zero-order chi connectivity index (χ0) is 15.5. The highest BCUT2D eigenvalue weighted by molar-refractivity contribution is 5.78. The lowest BCUT2D eigenvalue weighted by Gasteiger charge is -2.37. The maximum Gasteiger partial charge on any atom is 0.317 e. The number of nitrogens with one attached hydrogen (secondary N) is 1. The summed E-state index contributed by atoms with van der Waals surface area (Å²) in [7, 11) is 0. The van der Waals surface area contributed by atoms with Crippen LogP contribution in [0.4, 0.5) is 4.79 Å². The molecule has 2 amide bonds. The maximum atomic E-state index is 12.2. The normalized spacial score (nSPS) is 33.0. The van der Waals surface area contributed by atoms with Crippen molar-refractivity contribution in [1.29, 1.82) is 0 Å². The number of carboxylic acid groups (broad SMARTS) is 1. The molecule has 2 heterocycles. The van der Waals surface area contributed by atoms with E-state index in [1.807, 2.05) is 0 Å². The molecular weight excluding hydrogens is 272 g/mol. The fraction of sp³-hybridized carbons (Fsp3) is 0.867. The Morgan fingerprint density at radius 2 is 2.24 bits per heavy atom. The minimum absolute atomic E-state index is 0.149. The van der Waals surface area contributed by atoms with Crippen LogP contribution in [0.2, 0.25) is 0 Å². The Morgan fingerprint density at radius 1 is 1.48 bits per heavy atom. The molecule has 0 aromatic rings. The van der Waals surface area contributed by atoms with Crippen molar-refractivity contribution in [3.05, 3.63) is 0 Å². The number of hydrogen-bond donors (Lipinski definition) is 2. The molecule has 0 spiro atoms. The van der Waals surface area contributed by atoms with Crippen molar-refractivity contribution in [2.24, 2.45) is 11.3 Å². The molecule has 2 N–H and O–H groups in total. The molecule has 6 nitrogen and oxygen atoms in total. The topological polar surface area (TPSA) is 78.9 Å². The minimum atomic E-state index is -0.824. The van der Waals surface area contributed by atoms with Crippen LogP contribution in [0.1, 0.15) is 39.5 Å². The lowest BCUT2D eigenvalue weighted by molar-refractivity contribution is -0.150. The van der Waals surface area contributed by atoms with E-state index in [0.717, 1.165) is 25.9 Å². The van der Waals surface area contributed by atoms with Crippen LogP contribution >= 0.6 is 0 Å². The monoisotopic (exact) mass is 298 g/mol. The Morgan fingerprint density at radius 3 is 2.90 bits per heavy atom. The number of aliphatic carboxylic acids is 1. The van der Waals surface area contributed by atoms with Crippen LogP contribution in [-0.4, -0.2) is 54.4 Å². The molecule has 120 valence electrons. The molecule has 2 aliphatic rings. The average Bonchev–Trinajstić information content (AvgIpc) is 2.92. The third kappa shape index (κ3) is 3.67. The number of carboxylic acids is 1. The van der Waals surface area contributed by atoms with Crippen LogP contribution < -0.4 is 5.32 Å². The van der Waals surface area contributed by atoms with Crippen LogP contribution in [-0.2, 0) is 9.53 Å². The second-order valence-corrected chi connectivity index (χ2v) is 6.44. The van der Waals surface area contributed by atoms with Gasteiger partial charge in [-0.1, -0.05) is 6.92 Å². The van der Waals surface area contributed by atoms with Crippen LogP contribution in [0.5, 0.6) is 0 Å². The summed E-state index contributed by atoms with van der Waals surface area (Å²) >= 11 is 0. The molecule has 2 fully saturated rings. The first kappa shape index (κ1) is 16.1. The van der Waals surface area contributed by atoms with E-state index in [4.69, 9.17) is 4.74 Å². The highest BCUT2D eigenvalue weighted by Gasteiger charge is 2.39. The van der Waals surface area contributed by atoms with E-state index in [-0.39, 0.29) is 18.7 Å². The first-order valence-corrected chi connectivity index (χ1v) is 7.84. The summed E-state index contributed by atoms with van der Waals surface area (Å²) < 4.78 is 5.61. The highest BCUT2D eigenvalue weighted by atomic mass is 16.5. The van der Waals surface area contributed by atoms with Crippen molar-refractivity contribution in [3.8, 4) is 0 Å². The number of carbonyl (C=O) groups excluding carboxylic acids is 1. The van der Waals surface area contributed by atoms with E-state index in [0.29, 0.717) is 25.4 Å². The van der Waals surface area contributed by atoms with E-state index in [1.165, 1.54) is 0 Å². The van der Waals surface area contributed by atoms with Gasteiger partial charge in [0.2, 0.25) is 0 Å². The summed E-state index contributed by atoms with van der Waals surface area (Å²) in [5.41, 5.74) is -0.821. The Kier molecular flexibility index (Phi) is 5.08. The van der Waals surface area contributed by atoms with Gasteiger partial charge >= 0.3 is 12.0 Å². The summed E-state index contributed by atoms with van der Waals surface area (Å²) in [5, 5.41) is 12.2. The lowest BCUT2D eigenvalue weighted by atomic mass is 9.82. The third-order valence-electron chi connectivity index (χ3n) is 4.76. The molecule has 0 aromatic heterocycles. The second-order valence-electron chi connectivity index (χ2n) is 6.44. The first-order chi connectivity index (χ1) is 9.96. The van der Waals surface area contributed by atoms with Gasteiger partial charge in [-0.15, -0.1) is 0 Å². The van der Waals surface area contributed by atoms with Crippen LogP contribution in [0.3, 0.4) is 0 Å². The minimum Gasteiger partial charge on any atom is -0.481 e.